The van der Waals surface area contributed by atoms with E-state index in [0.717, 1.165) is 60.2 Å². The number of hydrogen-bond donors (Lipinski definition) is 1. The molecule has 0 bridgehead atoms. The number of carbonyl (C=O) groups excluding carboxylic acids is 1. The number of para-hydroxylation sites is 2. The summed E-state index contributed by atoms with van der Waals surface area (Å²) in [6.07, 6.45) is 7.28. The minimum absolute atomic E-state index is 0.193. The van der Waals surface area contributed by atoms with Crippen LogP contribution in [0, 0.1) is 5.92 Å². The van der Waals surface area contributed by atoms with Gasteiger partial charge in [0.15, 0.2) is 0 Å². The Morgan fingerprint density at radius 3 is 2.68 bits per heavy atom. The highest BCUT2D eigenvalue weighted by Crippen LogP contribution is 2.26. The van der Waals surface area contributed by atoms with Gasteiger partial charge in [0, 0.05) is 30.8 Å². The standard InChI is InChI=1S/C29H33N3O2/c33-29(23-11-2-1-3-12-23)30-19-18-28-31-25-15-6-7-16-26(25)32(28)20-9-21-34-27-17-8-13-22-10-4-5-14-24(22)27/h4-8,10,13-17,23H,1-3,9,11-12,18-21H2,(H,30,33). The molecule has 3 aromatic carbocycles. The van der Waals surface area contributed by atoms with Crippen molar-refractivity contribution in [3.8, 4) is 5.75 Å². The predicted octanol–water partition coefficient (Wildman–Crippen LogP) is 5.90. The highest BCUT2D eigenvalue weighted by molar-refractivity contribution is 5.88. The molecule has 4 aromatic rings. The molecule has 0 spiro atoms. The molecule has 1 N–H and O–H groups in total. The molecule has 1 saturated carbocycles. The molecule has 0 unspecified atom stereocenters. The molecule has 1 aliphatic carbocycles. The van der Waals surface area contributed by atoms with E-state index in [1.165, 1.54) is 24.6 Å². The number of aromatic nitrogens is 2. The van der Waals surface area contributed by atoms with Crippen molar-refractivity contribution < 1.29 is 9.53 Å². The summed E-state index contributed by atoms with van der Waals surface area (Å²) >= 11 is 0. The third-order valence-electron chi connectivity index (χ3n) is 6.89. The highest BCUT2D eigenvalue weighted by atomic mass is 16.5. The first-order valence-corrected chi connectivity index (χ1v) is 12.6. The Labute approximate surface area is 201 Å². The van der Waals surface area contributed by atoms with Gasteiger partial charge in [0.05, 0.1) is 17.6 Å². The number of carbonyl (C=O) groups is 1. The number of ether oxygens (including phenoxy) is 1. The lowest BCUT2D eigenvalue weighted by atomic mass is 9.89. The largest absolute Gasteiger partial charge is 0.493 e. The van der Waals surface area contributed by atoms with Crippen molar-refractivity contribution in [2.45, 2.75) is 51.5 Å². The topological polar surface area (TPSA) is 56.2 Å². The highest BCUT2D eigenvalue weighted by Gasteiger charge is 2.20. The quantitative estimate of drug-likeness (QED) is 0.320. The minimum atomic E-state index is 0.193. The van der Waals surface area contributed by atoms with Crippen molar-refractivity contribution in [3.63, 3.8) is 0 Å². The second-order valence-electron chi connectivity index (χ2n) is 9.22. The first kappa shape index (κ1) is 22.5. The summed E-state index contributed by atoms with van der Waals surface area (Å²) in [6, 6.07) is 22.8. The Morgan fingerprint density at radius 2 is 1.76 bits per heavy atom. The van der Waals surface area contributed by atoms with Gasteiger partial charge in [0.1, 0.15) is 11.6 Å². The number of benzene rings is 3. The molecular weight excluding hydrogens is 422 g/mol. The van der Waals surface area contributed by atoms with Gasteiger partial charge in [0.25, 0.3) is 0 Å². The summed E-state index contributed by atoms with van der Waals surface area (Å²) in [5.41, 5.74) is 2.15. The molecule has 5 heteroatoms. The second-order valence-corrected chi connectivity index (χ2v) is 9.22. The molecule has 5 nitrogen and oxygen atoms in total. The van der Waals surface area contributed by atoms with E-state index in [4.69, 9.17) is 9.72 Å². The lowest BCUT2D eigenvalue weighted by Gasteiger charge is -2.20. The summed E-state index contributed by atoms with van der Waals surface area (Å²) in [5, 5.41) is 5.50. The molecular formula is C29H33N3O2. The van der Waals surface area contributed by atoms with Crippen LogP contribution in [0.25, 0.3) is 21.8 Å². The van der Waals surface area contributed by atoms with Crippen LogP contribution in [-0.4, -0.2) is 28.6 Å². The van der Waals surface area contributed by atoms with Crippen LogP contribution >= 0.6 is 0 Å². The van der Waals surface area contributed by atoms with Crippen LogP contribution in [0.4, 0.5) is 0 Å². The fourth-order valence-corrected chi connectivity index (χ4v) is 5.10. The lowest BCUT2D eigenvalue weighted by molar-refractivity contribution is -0.125. The fraction of sp³-hybridized carbons (Fsp3) is 0.379. The predicted molar refractivity (Wildman–Crippen MR) is 137 cm³/mol. The van der Waals surface area contributed by atoms with Gasteiger partial charge in [0.2, 0.25) is 5.91 Å². The monoisotopic (exact) mass is 455 g/mol. The third kappa shape index (κ3) is 5.09. The molecule has 34 heavy (non-hydrogen) atoms. The minimum Gasteiger partial charge on any atom is -0.493 e. The van der Waals surface area contributed by atoms with Crippen LogP contribution < -0.4 is 10.1 Å². The van der Waals surface area contributed by atoms with Crippen molar-refractivity contribution in [1.82, 2.24) is 14.9 Å². The number of aryl methyl sites for hydroxylation is 1. The SMILES string of the molecule is O=C(NCCc1nc2ccccc2n1CCCOc1cccc2ccccc12)C1CCCCC1. The Kier molecular flexibility index (Phi) is 7.08. The number of rotatable bonds is 9. The Balaban J connectivity index is 1.21. The van der Waals surface area contributed by atoms with E-state index < -0.39 is 0 Å². The van der Waals surface area contributed by atoms with Crippen molar-refractivity contribution in [2.75, 3.05) is 13.2 Å². The Bertz CT molecular complexity index is 1250. The van der Waals surface area contributed by atoms with E-state index in [2.05, 4.69) is 52.3 Å². The Morgan fingerprint density at radius 1 is 0.971 bits per heavy atom. The molecule has 0 atom stereocenters. The van der Waals surface area contributed by atoms with Gasteiger partial charge in [-0.2, -0.15) is 0 Å². The number of amides is 1. The number of nitrogens with one attached hydrogen (secondary N) is 1. The maximum atomic E-state index is 12.5. The van der Waals surface area contributed by atoms with Crippen LogP contribution in [-0.2, 0) is 17.8 Å². The summed E-state index contributed by atoms with van der Waals surface area (Å²) in [5.74, 6) is 2.36. The van der Waals surface area contributed by atoms with Gasteiger partial charge in [-0.25, -0.2) is 4.98 Å². The summed E-state index contributed by atoms with van der Waals surface area (Å²) in [7, 11) is 0. The van der Waals surface area contributed by atoms with Gasteiger partial charge in [-0.1, -0.05) is 67.8 Å². The zero-order chi connectivity index (χ0) is 23.2. The second kappa shape index (κ2) is 10.7. The fourth-order valence-electron chi connectivity index (χ4n) is 5.10. The van der Waals surface area contributed by atoms with Crippen LogP contribution in [0.15, 0.2) is 66.7 Å². The number of hydrogen-bond acceptors (Lipinski definition) is 3. The molecule has 1 fully saturated rings. The summed E-state index contributed by atoms with van der Waals surface area (Å²) < 4.78 is 8.44. The molecule has 0 saturated heterocycles. The van der Waals surface area contributed by atoms with Gasteiger partial charge in [-0.3, -0.25) is 4.79 Å². The van der Waals surface area contributed by atoms with E-state index in [1.807, 2.05) is 24.3 Å². The molecule has 1 heterocycles. The summed E-state index contributed by atoms with van der Waals surface area (Å²) in [6.45, 7) is 2.10. The van der Waals surface area contributed by atoms with Gasteiger partial charge < -0.3 is 14.6 Å². The Hall–Kier alpha value is -3.34. The van der Waals surface area contributed by atoms with Gasteiger partial charge in [-0.05, 0) is 42.8 Å². The number of imidazole rings is 1. The first-order chi connectivity index (χ1) is 16.8. The van der Waals surface area contributed by atoms with E-state index in [0.29, 0.717) is 13.2 Å². The van der Waals surface area contributed by atoms with Crippen molar-refractivity contribution >= 4 is 27.7 Å². The van der Waals surface area contributed by atoms with Crippen molar-refractivity contribution in [2.24, 2.45) is 5.92 Å². The molecule has 1 amide bonds. The van der Waals surface area contributed by atoms with Crippen molar-refractivity contribution in [3.05, 3.63) is 72.6 Å². The molecule has 0 radical (unpaired) electrons. The van der Waals surface area contributed by atoms with Crippen LogP contribution in [0.2, 0.25) is 0 Å². The zero-order valence-corrected chi connectivity index (χ0v) is 19.7. The van der Waals surface area contributed by atoms with E-state index in [1.54, 1.807) is 0 Å². The number of nitrogens with zero attached hydrogens (tertiary/aromatic N) is 2. The average molecular weight is 456 g/mol. The molecule has 0 aliphatic heterocycles. The molecule has 1 aromatic heterocycles. The van der Waals surface area contributed by atoms with Crippen LogP contribution in [0.5, 0.6) is 5.75 Å². The van der Waals surface area contributed by atoms with E-state index in [-0.39, 0.29) is 11.8 Å². The van der Waals surface area contributed by atoms with Crippen LogP contribution in [0.1, 0.15) is 44.3 Å². The normalized spacial score (nSPS) is 14.5. The zero-order valence-electron chi connectivity index (χ0n) is 19.7. The van der Waals surface area contributed by atoms with Gasteiger partial charge in [-0.15, -0.1) is 0 Å². The third-order valence-corrected chi connectivity index (χ3v) is 6.89. The number of fused-ring (bicyclic) bond motifs is 2. The lowest BCUT2D eigenvalue weighted by Crippen LogP contribution is -2.33. The maximum absolute atomic E-state index is 12.5. The van der Waals surface area contributed by atoms with E-state index >= 15 is 0 Å². The van der Waals surface area contributed by atoms with Crippen LogP contribution in [0.3, 0.4) is 0 Å². The molecule has 1 aliphatic rings. The average Bonchev–Trinajstić information content (AvgIpc) is 3.24. The molecule has 5 rings (SSSR count). The smallest absolute Gasteiger partial charge is 0.223 e. The summed E-state index contributed by atoms with van der Waals surface area (Å²) in [4.78, 5) is 17.4. The van der Waals surface area contributed by atoms with Crippen molar-refractivity contribution in [1.29, 1.82) is 0 Å². The first-order valence-electron chi connectivity index (χ1n) is 12.6. The van der Waals surface area contributed by atoms with E-state index in [9.17, 15) is 4.79 Å². The maximum Gasteiger partial charge on any atom is 0.223 e. The molecule has 176 valence electrons. The van der Waals surface area contributed by atoms with Gasteiger partial charge >= 0.3 is 0 Å².